The molecule has 1 heterocycles. The predicted molar refractivity (Wildman–Crippen MR) is 74.7 cm³/mol. The average molecular weight is 381 g/mol. The molecule has 1 aromatic heterocycles. The third-order valence-electron chi connectivity index (χ3n) is 2.25. The largest absolute Gasteiger partial charge is 0.443 e. The maximum Gasteiger partial charge on any atom is 0.374 e. The number of nitrogens with zero attached hydrogens (tertiary/aromatic N) is 2. The lowest BCUT2D eigenvalue weighted by Crippen LogP contribution is -2.31. The number of hydrogen-bond donors (Lipinski definition) is 1. The molecule has 0 aliphatic heterocycles. The number of ether oxygens (including phenoxy) is 1. The minimum atomic E-state index is -0.666. The van der Waals surface area contributed by atoms with E-state index in [0.717, 1.165) is 12.3 Å². The Morgan fingerprint density at radius 3 is 2.65 bits per heavy atom. The van der Waals surface area contributed by atoms with Crippen LogP contribution in [-0.4, -0.2) is 10.1 Å². The summed E-state index contributed by atoms with van der Waals surface area (Å²) in [6, 6.07) is 5.71. The molecule has 0 saturated carbocycles. The van der Waals surface area contributed by atoms with Crippen LogP contribution in [0.15, 0.2) is 34.9 Å². The second kappa shape index (κ2) is 5.82. The van der Waals surface area contributed by atoms with Gasteiger partial charge in [0.2, 0.25) is 6.20 Å². The zero-order valence-corrected chi connectivity index (χ0v) is 12.7. The monoisotopic (exact) mass is 379 g/mol. The van der Waals surface area contributed by atoms with Crippen LogP contribution in [0.5, 0.6) is 11.5 Å². The van der Waals surface area contributed by atoms with Gasteiger partial charge < -0.3 is 4.74 Å². The third-order valence-corrected chi connectivity index (χ3v) is 3.27. The van der Waals surface area contributed by atoms with Gasteiger partial charge in [0.1, 0.15) is 5.75 Å². The Kier molecular flexibility index (Phi) is 4.32. The summed E-state index contributed by atoms with van der Waals surface area (Å²) >= 11 is 14.9. The second-order valence-corrected chi connectivity index (χ2v) is 5.34. The average Bonchev–Trinajstić information content (AvgIpc) is 2.33. The van der Waals surface area contributed by atoms with Crippen LogP contribution in [-0.2, 0) is 0 Å². The topological polar surface area (TPSA) is 76.5 Å². The molecule has 0 bridgehead atoms. The number of halogens is 3. The summed E-state index contributed by atoms with van der Waals surface area (Å²) in [5.74, 6) is -0.0450. The van der Waals surface area contributed by atoms with Crippen molar-refractivity contribution in [3.63, 3.8) is 0 Å². The van der Waals surface area contributed by atoms with E-state index in [1.165, 1.54) is 6.07 Å². The summed E-state index contributed by atoms with van der Waals surface area (Å²) < 4.78 is 6.52. The van der Waals surface area contributed by atoms with Gasteiger partial charge in [0.15, 0.2) is 0 Å². The molecule has 2 aromatic rings. The molecule has 2 rings (SSSR count). The standard InChI is InChI=1S/C11H6BrCl2N2O4/c12-6-3-7(13)5-8(4-6)20-10-9(16(18)19)1-2-15(17)11(10)14/h1-5,17H/q+1. The van der Waals surface area contributed by atoms with E-state index in [2.05, 4.69) is 15.9 Å². The van der Waals surface area contributed by atoms with Crippen LogP contribution in [0.4, 0.5) is 5.69 Å². The molecule has 104 valence electrons. The summed E-state index contributed by atoms with van der Waals surface area (Å²) in [5, 5.41) is 20.4. The highest BCUT2D eigenvalue weighted by atomic mass is 79.9. The number of rotatable bonds is 3. The van der Waals surface area contributed by atoms with Crippen LogP contribution in [0, 0.1) is 10.1 Å². The molecule has 0 unspecified atom stereocenters. The van der Waals surface area contributed by atoms with Crippen molar-refractivity contribution in [2.45, 2.75) is 0 Å². The smallest absolute Gasteiger partial charge is 0.374 e. The van der Waals surface area contributed by atoms with E-state index in [-0.39, 0.29) is 22.3 Å². The number of benzene rings is 1. The fraction of sp³-hybridized carbons (Fsp3) is 0. The summed E-state index contributed by atoms with van der Waals surface area (Å²) in [7, 11) is 0. The highest BCUT2D eigenvalue weighted by Gasteiger charge is 2.28. The van der Waals surface area contributed by atoms with Crippen molar-refractivity contribution in [2.75, 3.05) is 0 Å². The molecule has 0 radical (unpaired) electrons. The zero-order chi connectivity index (χ0) is 14.9. The van der Waals surface area contributed by atoms with Gasteiger partial charge in [-0.3, -0.25) is 15.3 Å². The Morgan fingerprint density at radius 1 is 1.35 bits per heavy atom. The van der Waals surface area contributed by atoms with Crippen molar-refractivity contribution in [1.29, 1.82) is 0 Å². The fourth-order valence-corrected chi connectivity index (χ4v) is 2.46. The molecule has 0 aliphatic rings. The molecule has 1 N–H and O–H groups in total. The first-order valence-corrected chi connectivity index (χ1v) is 6.65. The van der Waals surface area contributed by atoms with Crippen LogP contribution in [0.2, 0.25) is 10.2 Å². The lowest BCUT2D eigenvalue weighted by atomic mass is 10.3. The summed E-state index contributed by atoms with van der Waals surface area (Å²) in [4.78, 5) is 10.3. The second-order valence-electron chi connectivity index (χ2n) is 3.63. The molecule has 0 amide bonds. The zero-order valence-electron chi connectivity index (χ0n) is 9.59. The molecule has 0 spiro atoms. The van der Waals surface area contributed by atoms with Gasteiger partial charge in [-0.25, -0.2) is 0 Å². The predicted octanol–water partition coefficient (Wildman–Crippen LogP) is 3.98. The molecule has 0 atom stereocenters. The minimum absolute atomic E-state index is 0.237. The van der Waals surface area contributed by atoms with E-state index in [9.17, 15) is 15.3 Å². The van der Waals surface area contributed by atoms with Gasteiger partial charge >= 0.3 is 10.8 Å². The summed E-state index contributed by atoms with van der Waals surface area (Å²) in [6.07, 6.45) is 1.04. The lowest BCUT2D eigenvalue weighted by molar-refractivity contribution is -0.903. The van der Waals surface area contributed by atoms with Gasteiger partial charge in [0.05, 0.1) is 11.0 Å². The Bertz CT molecular complexity index is 676. The molecule has 1 aromatic carbocycles. The van der Waals surface area contributed by atoms with Crippen LogP contribution in [0.1, 0.15) is 0 Å². The van der Waals surface area contributed by atoms with Gasteiger partial charge in [0, 0.05) is 14.2 Å². The van der Waals surface area contributed by atoms with Gasteiger partial charge in [-0.15, -0.1) is 0 Å². The van der Waals surface area contributed by atoms with Crippen molar-refractivity contribution in [3.8, 4) is 11.5 Å². The van der Waals surface area contributed by atoms with E-state index in [1.807, 2.05) is 0 Å². The van der Waals surface area contributed by atoms with E-state index < -0.39 is 4.92 Å². The molecule has 6 nitrogen and oxygen atoms in total. The normalized spacial score (nSPS) is 10.3. The Hall–Kier alpha value is -1.57. The molecule has 9 heteroatoms. The number of nitro groups is 1. The first-order valence-electron chi connectivity index (χ1n) is 5.10. The highest BCUT2D eigenvalue weighted by Crippen LogP contribution is 2.37. The van der Waals surface area contributed by atoms with Gasteiger partial charge in [-0.1, -0.05) is 27.5 Å². The maximum atomic E-state index is 11.0. The molecule has 20 heavy (non-hydrogen) atoms. The van der Waals surface area contributed by atoms with E-state index in [4.69, 9.17) is 27.9 Å². The number of hydrogen-bond acceptors (Lipinski definition) is 4. The van der Waals surface area contributed by atoms with Crippen LogP contribution in [0.3, 0.4) is 0 Å². The Morgan fingerprint density at radius 2 is 2.05 bits per heavy atom. The highest BCUT2D eigenvalue weighted by molar-refractivity contribution is 9.10. The van der Waals surface area contributed by atoms with Crippen LogP contribution in [0.25, 0.3) is 0 Å². The van der Waals surface area contributed by atoms with Gasteiger partial charge in [-0.05, 0) is 29.8 Å². The molecule has 0 aliphatic carbocycles. The van der Waals surface area contributed by atoms with Gasteiger partial charge in [0.25, 0.3) is 5.75 Å². The quantitative estimate of drug-likeness (QED) is 0.287. The lowest BCUT2D eigenvalue weighted by Gasteiger charge is -2.06. The Balaban J connectivity index is 2.52. The SMILES string of the molecule is O=[N+]([O-])c1cc[n+](O)c(Cl)c1Oc1cc(Cl)cc(Br)c1. The van der Waals surface area contributed by atoms with E-state index in [1.54, 1.807) is 12.1 Å². The Labute approximate surface area is 131 Å². The summed E-state index contributed by atoms with van der Waals surface area (Å²) in [6.45, 7) is 0. The number of aromatic nitrogens is 1. The van der Waals surface area contributed by atoms with Crippen molar-refractivity contribution < 1.29 is 19.6 Å². The van der Waals surface area contributed by atoms with Crippen molar-refractivity contribution >= 4 is 44.8 Å². The molecular formula is C11H6BrCl2N2O4+. The van der Waals surface area contributed by atoms with E-state index >= 15 is 0 Å². The minimum Gasteiger partial charge on any atom is -0.443 e. The first kappa shape index (κ1) is 14.8. The maximum absolute atomic E-state index is 11.0. The summed E-state index contributed by atoms with van der Waals surface area (Å²) in [5.41, 5.74) is -0.378. The number of pyridine rings is 1. The first-order chi connectivity index (χ1) is 9.38. The van der Waals surface area contributed by atoms with Crippen molar-refractivity contribution in [2.24, 2.45) is 0 Å². The molecular weight excluding hydrogens is 375 g/mol. The fourth-order valence-electron chi connectivity index (χ4n) is 1.44. The van der Waals surface area contributed by atoms with Gasteiger partial charge in [-0.2, -0.15) is 0 Å². The molecule has 0 fully saturated rings. The van der Waals surface area contributed by atoms with E-state index in [0.29, 0.717) is 14.2 Å². The third kappa shape index (κ3) is 3.12. The van der Waals surface area contributed by atoms with Crippen LogP contribution >= 0.6 is 39.1 Å². The van der Waals surface area contributed by atoms with Crippen LogP contribution < -0.4 is 9.47 Å². The molecule has 0 saturated heterocycles. The van der Waals surface area contributed by atoms with Crippen molar-refractivity contribution in [1.82, 2.24) is 0 Å². The van der Waals surface area contributed by atoms with Crippen molar-refractivity contribution in [3.05, 3.63) is 55.2 Å².